The fourth-order valence-corrected chi connectivity index (χ4v) is 4.56. The van der Waals surface area contributed by atoms with Crippen molar-refractivity contribution in [3.05, 3.63) is 86.5 Å². The maximum atomic E-state index is 13.5. The first-order chi connectivity index (χ1) is 16.4. The fourth-order valence-electron chi connectivity index (χ4n) is 3.55. The van der Waals surface area contributed by atoms with Crippen LogP contribution in [0, 0.1) is 12.7 Å². The molecule has 0 atom stereocenters. The Bertz CT molecular complexity index is 1400. The number of hydrogen-bond donors (Lipinski definition) is 1. The van der Waals surface area contributed by atoms with Gasteiger partial charge in [0.05, 0.1) is 18.0 Å². The highest BCUT2D eigenvalue weighted by Crippen LogP contribution is 2.23. The molecule has 7 nitrogen and oxygen atoms in total. The molecule has 0 bridgehead atoms. The number of carbonyl (C=O) groups excluding carboxylic acids is 1. The minimum atomic E-state index is -0.328. The predicted octanol–water partition coefficient (Wildman–Crippen LogP) is 4.17. The van der Waals surface area contributed by atoms with Crippen molar-refractivity contribution in [1.29, 1.82) is 0 Å². The van der Waals surface area contributed by atoms with Crippen molar-refractivity contribution in [1.82, 2.24) is 24.6 Å². The number of halogens is 2. The first-order valence-electron chi connectivity index (χ1n) is 10.7. The molecule has 0 saturated carbocycles. The van der Waals surface area contributed by atoms with Gasteiger partial charge in [-0.05, 0) is 43.2 Å². The highest BCUT2D eigenvalue weighted by molar-refractivity contribution is 7.99. The number of thioether (sulfide) groups is 1. The molecule has 34 heavy (non-hydrogen) atoms. The Balaban J connectivity index is 1.61. The van der Waals surface area contributed by atoms with E-state index in [4.69, 9.17) is 16.6 Å². The average molecular weight is 500 g/mol. The molecule has 0 spiro atoms. The van der Waals surface area contributed by atoms with E-state index in [0.717, 1.165) is 11.1 Å². The maximum Gasteiger partial charge on any atom is 0.280 e. The van der Waals surface area contributed by atoms with Crippen molar-refractivity contribution >= 4 is 40.3 Å². The van der Waals surface area contributed by atoms with Gasteiger partial charge in [-0.3, -0.25) is 18.8 Å². The van der Waals surface area contributed by atoms with E-state index in [1.165, 1.54) is 28.5 Å². The summed E-state index contributed by atoms with van der Waals surface area (Å²) in [5.41, 5.74) is 2.93. The number of amides is 1. The lowest BCUT2D eigenvalue weighted by Crippen LogP contribution is -2.28. The van der Waals surface area contributed by atoms with Crippen LogP contribution >= 0.6 is 23.4 Å². The molecule has 4 rings (SSSR count). The highest BCUT2D eigenvalue weighted by atomic mass is 35.5. The van der Waals surface area contributed by atoms with Crippen LogP contribution < -0.4 is 10.9 Å². The van der Waals surface area contributed by atoms with Crippen molar-refractivity contribution in [2.45, 2.75) is 38.6 Å². The summed E-state index contributed by atoms with van der Waals surface area (Å²) in [4.78, 5) is 30.7. The summed E-state index contributed by atoms with van der Waals surface area (Å²) in [5.74, 6) is -0.498. The minimum Gasteiger partial charge on any atom is -0.351 e. The summed E-state index contributed by atoms with van der Waals surface area (Å²) in [6, 6.07) is 13.2. The van der Waals surface area contributed by atoms with Crippen molar-refractivity contribution in [3.63, 3.8) is 0 Å². The zero-order valence-electron chi connectivity index (χ0n) is 18.7. The number of aromatic nitrogens is 4. The molecular weight excluding hydrogens is 477 g/mol. The molecular formula is C24H23ClFN5O2S. The van der Waals surface area contributed by atoms with Crippen molar-refractivity contribution in [2.24, 2.45) is 0 Å². The summed E-state index contributed by atoms with van der Waals surface area (Å²) in [6.45, 7) is 4.75. The van der Waals surface area contributed by atoms with Crippen molar-refractivity contribution in [3.8, 4) is 0 Å². The normalized spacial score (nSPS) is 11.2. The number of fused-ring (bicyclic) bond motifs is 1. The largest absolute Gasteiger partial charge is 0.351 e. The van der Waals surface area contributed by atoms with Crippen LogP contribution in [0.15, 0.2) is 58.5 Å². The molecule has 0 radical (unpaired) electrons. The number of rotatable bonds is 8. The maximum absolute atomic E-state index is 13.5. The van der Waals surface area contributed by atoms with E-state index in [1.807, 2.05) is 32.0 Å². The third kappa shape index (κ3) is 5.15. The summed E-state index contributed by atoms with van der Waals surface area (Å²) < 4.78 is 16.3. The number of hydrogen-bond acceptors (Lipinski definition) is 5. The van der Waals surface area contributed by atoms with E-state index in [-0.39, 0.29) is 36.1 Å². The number of carbonyl (C=O) groups is 1. The molecule has 0 aliphatic rings. The highest BCUT2D eigenvalue weighted by Gasteiger charge is 2.19. The molecule has 0 aliphatic heterocycles. The topological polar surface area (TPSA) is 81.8 Å². The molecule has 0 saturated heterocycles. The summed E-state index contributed by atoms with van der Waals surface area (Å²) in [5, 5.41) is 8.20. The summed E-state index contributed by atoms with van der Waals surface area (Å²) in [6.07, 6.45) is 0. The van der Waals surface area contributed by atoms with Gasteiger partial charge in [0.1, 0.15) is 11.3 Å². The summed E-state index contributed by atoms with van der Waals surface area (Å²) >= 11 is 7.52. The van der Waals surface area contributed by atoms with E-state index in [9.17, 15) is 14.0 Å². The molecule has 1 N–H and O–H groups in total. The van der Waals surface area contributed by atoms with Gasteiger partial charge in [0.2, 0.25) is 5.91 Å². The molecule has 0 unspecified atom stereocenters. The number of nitrogens with one attached hydrogen (secondary N) is 1. The van der Waals surface area contributed by atoms with Crippen LogP contribution in [0.1, 0.15) is 23.7 Å². The fraction of sp³-hybridized carbons (Fsp3) is 0.250. The van der Waals surface area contributed by atoms with Crippen LogP contribution in [-0.2, 0) is 24.4 Å². The zero-order chi connectivity index (χ0) is 24.2. The Labute approximate surface area is 205 Å². The number of nitrogens with zero attached hydrogens (tertiary/aromatic N) is 4. The van der Waals surface area contributed by atoms with Gasteiger partial charge in [-0.15, -0.1) is 0 Å². The van der Waals surface area contributed by atoms with Gasteiger partial charge in [0.15, 0.2) is 10.7 Å². The molecule has 4 aromatic rings. The van der Waals surface area contributed by atoms with Crippen LogP contribution in [0.5, 0.6) is 0 Å². The first kappa shape index (κ1) is 24.0. The third-order valence-electron chi connectivity index (χ3n) is 5.30. The smallest absolute Gasteiger partial charge is 0.280 e. The van der Waals surface area contributed by atoms with Gasteiger partial charge in [-0.1, -0.05) is 53.7 Å². The number of benzene rings is 2. The van der Waals surface area contributed by atoms with E-state index in [2.05, 4.69) is 10.4 Å². The van der Waals surface area contributed by atoms with Crippen LogP contribution in [0.2, 0.25) is 5.02 Å². The van der Waals surface area contributed by atoms with Crippen LogP contribution in [-0.4, -0.2) is 31.0 Å². The molecule has 10 heteroatoms. The lowest BCUT2D eigenvalue weighted by molar-refractivity contribution is -0.118. The van der Waals surface area contributed by atoms with Gasteiger partial charge in [-0.2, -0.15) is 5.10 Å². The van der Waals surface area contributed by atoms with Crippen LogP contribution in [0.3, 0.4) is 0 Å². The molecule has 2 aromatic heterocycles. The van der Waals surface area contributed by atoms with Gasteiger partial charge >= 0.3 is 0 Å². The Morgan fingerprint density at radius 3 is 2.62 bits per heavy atom. The van der Waals surface area contributed by atoms with Gasteiger partial charge in [-0.25, -0.2) is 9.37 Å². The second kappa shape index (κ2) is 10.4. The van der Waals surface area contributed by atoms with E-state index in [0.29, 0.717) is 33.5 Å². The zero-order valence-corrected chi connectivity index (χ0v) is 20.3. The molecule has 2 heterocycles. The molecule has 2 aromatic carbocycles. The Kier molecular flexibility index (Phi) is 7.33. The Morgan fingerprint density at radius 1 is 1.18 bits per heavy atom. The van der Waals surface area contributed by atoms with Crippen LogP contribution in [0.25, 0.3) is 11.0 Å². The second-order valence-corrected chi connectivity index (χ2v) is 9.02. The minimum absolute atomic E-state index is 0.0582. The van der Waals surface area contributed by atoms with E-state index in [1.54, 1.807) is 22.9 Å². The SMILES string of the molecule is CCn1nc(C)c2nc(SCC(=O)NCc3ccc(F)cc3)n(Cc3ccccc3Cl)c(=O)c21. The van der Waals surface area contributed by atoms with Gasteiger partial charge in [0.25, 0.3) is 5.56 Å². The first-order valence-corrected chi connectivity index (χ1v) is 12.1. The lowest BCUT2D eigenvalue weighted by atomic mass is 10.2. The number of aryl methyl sites for hydroxylation is 2. The summed E-state index contributed by atoms with van der Waals surface area (Å²) in [7, 11) is 0. The molecule has 176 valence electrons. The third-order valence-corrected chi connectivity index (χ3v) is 6.65. The van der Waals surface area contributed by atoms with Gasteiger partial charge < -0.3 is 5.32 Å². The van der Waals surface area contributed by atoms with Crippen molar-refractivity contribution < 1.29 is 9.18 Å². The predicted molar refractivity (Wildman–Crippen MR) is 132 cm³/mol. The van der Waals surface area contributed by atoms with E-state index >= 15 is 0 Å². The second-order valence-electron chi connectivity index (χ2n) is 7.67. The van der Waals surface area contributed by atoms with E-state index < -0.39 is 0 Å². The molecule has 0 fully saturated rings. The van der Waals surface area contributed by atoms with Crippen LogP contribution in [0.4, 0.5) is 4.39 Å². The van der Waals surface area contributed by atoms with Crippen molar-refractivity contribution in [2.75, 3.05) is 5.75 Å². The monoisotopic (exact) mass is 499 g/mol. The Hall–Kier alpha value is -3.17. The quantitative estimate of drug-likeness (QED) is 0.290. The van der Waals surface area contributed by atoms with Gasteiger partial charge in [0, 0.05) is 18.1 Å². The molecule has 0 aliphatic carbocycles. The standard InChI is InChI=1S/C24H23ClFN5O2S/c1-3-31-22-21(15(2)29-31)28-24(30(23(22)33)13-17-6-4-5-7-19(17)25)34-14-20(32)27-12-16-8-10-18(26)11-9-16/h4-11H,3,12-14H2,1-2H3,(H,27,32). The Morgan fingerprint density at radius 2 is 1.91 bits per heavy atom. The average Bonchev–Trinajstić information content (AvgIpc) is 3.16. The molecule has 1 amide bonds. The lowest BCUT2D eigenvalue weighted by Gasteiger charge is -2.13.